The van der Waals surface area contributed by atoms with E-state index in [2.05, 4.69) is 57.6 Å². The summed E-state index contributed by atoms with van der Waals surface area (Å²) in [6.07, 6.45) is 9.72. The summed E-state index contributed by atoms with van der Waals surface area (Å²) in [5, 5.41) is 5.04. The molecule has 2 saturated carbocycles. The minimum atomic E-state index is 0.764. The third kappa shape index (κ3) is 2.97. The van der Waals surface area contributed by atoms with Crippen LogP contribution in [0.4, 0.5) is 0 Å². The lowest BCUT2D eigenvalue weighted by atomic mass is 9.89. The van der Waals surface area contributed by atoms with Gasteiger partial charge in [0.05, 0.1) is 9.26 Å². The molecule has 2 aromatic rings. The van der Waals surface area contributed by atoms with Crippen molar-refractivity contribution in [3.63, 3.8) is 0 Å². The van der Waals surface area contributed by atoms with Gasteiger partial charge in [0, 0.05) is 18.0 Å². The fraction of sp³-hybridized carbons (Fsp3) is 0.526. The highest BCUT2D eigenvalue weighted by Gasteiger charge is 2.32. The van der Waals surface area contributed by atoms with E-state index in [4.69, 9.17) is 5.10 Å². The smallest absolute Gasteiger partial charge is 0.106 e. The van der Waals surface area contributed by atoms with Gasteiger partial charge in [0.2, 0.25) is 0 Å². The molecule has 2 fully saturated rings. The first-order chi connectivity index (χ1) is 10.8. The Bertz CT molecular complexity index is 637. The average Bonchev–Trinajstić information content (AvgIpc) is 3.34. The van der Waals surface area contributed by atoms with E-state index in [9.17, 15) is 0 Å². The van der Waals surface area contributed by atoms with Gasteiger partial charge >= 0.3 is 0 Å². The van der Waals surface area contributed by atoms with Crippen LogP contribution in [0.2, 0.25) is 0 Å². The monoisotopic (exact) mass is 406 g/mol. The van der Waals surface area contributed by atoms with E-state index >= 15 is 0 Å². The summed E-state index contributed by atoms with van der Waals surface area (Å²) in [6, 6.07) is 10.7. The van der Waals surface area contributed by atoms with Crippen molar-refractivity contribution in [3.8, 4) is 11.3 Å². The van der Waals surface area contributed by atoms with Crippen molar-refractivity contribution in [2.24, 2.45) is 5.92 Å². The minimum Gasteiger partial charge on any atom is -0.267 e. The van der Waals surface area contributed by atoms with E-state index in [1.54, 1.807) is 0 Å². The summed E-state index contributed by atoms with van der Waals surface area (Å²) in [6.45, 7) is 1.13. The van der Waals surface area contributed by atoms with Gasteiger partial charge in [-0.25, -0.2) is 0 Å². The summed E-state index contributed by atoms with van der Waals surface area (Å²) in [5.74, 6) is 1.60. The molecule has 2 aliphatic rings. The fourth-order valence-corrected chi connectivity index (χ4v) is 4.87. The lowest BCUT2D eigenvalue weighted by Gasteiger charge is -2.22. The van der Waals surface area contributed by atoms with Crippen LogP contribution in [-0.2, 0) is 6.54 Å². The number of hydrogen-bond acceptors (Lipinski definition) is 1. The van der Waals surface area contributed by atoms with Gasteiger partial charge in [0.25, 0.3) is 0 Å². The Labute approximate surface area is 146 Å². The zero-order valence-electron chi connectivity index (χ0n) is 13.0. The summed E-state index contributed by atoms with van der Waals surface area (Å²) in [7, 11) is 0. The van der Waals surface area contributed by atoms with Gasteiger partial charge in [-0.15, -0.1) is 0 Å². The molecule has 0 N–H and O–H groups in total. The lowest BCUT2D eigenvalue weighted by Crippen LogP contribution is -2.16. The quantitative estimate of drug-likeness (QED) is 0.604. The van der Waals surface area contributed by atoms with E-state index in [0.29, 0.717) is 0 Å². The molecule has 0 amide bonds. The zero-order valence-corrected chi connectivity index (χ0v) is 15.1. The van der Waals surface area contributed by atoms with E-state index in [0.717, 1.165) is 18.4 Å². The van der Waals surface area contributed by atoms with Gasteiger partial charge in [-0.05, 0) is 54.2 Å². The summed E-state index contributed by atoms with van der Waals surface area (Å²) in [4.78, 5) is 0. The second kappa shape index (κ2) is 6.34. The Kier molecular flexibility index (Phi) is 4.25. The van der Waals surface area contributed by atoms with E-state index < -0.39 is 0 Å². The van der Waals surface area contributed by atoms with Crippen LogP contribution in [0.5, 0.6) is 0 Å². The predicted molar refractivity (Wildman–Crippen MR) is 98.9 cm³/mol. The Hall–Kier alpha value is -0.840. The Morgan fingerprint density at radius 3 is 2.41 bits per heavy atom. The third-order valence-corrected chi connectivity index (χ3v) is 6.16. The maximum atomic E-state index is 5.04. The molecule has 0 radical (unpaired) electrons. The molecule has 1 aromatic carbocycles. The number of benzene rings is 1. The molecule has 22 heavy (non-hydrogen) atoms. The van der Waals surface area contributed by atoms with Crippen LogP contribution in [-0.4, -0.2) is 9.78 Å². The number of halogens is 1. The van der Waals surface area contributed by atoms with Crippen molar-refractivity contribution in [2.75, 3.05) is 0 Å². The van der Waals surface area contributed by atoms with Crippen molar-refractivity contribution in [3.05, 3.63) is 39.6 Å². The maximum absolute atomic E-state index is 5.04. The van der Waals surface area contributed by atoms with Crippen LogP contribution in [0, 0.1) is 9.49 Å². The molecule has 1 aromatic heterocycles. The van der Waals surface area contributed by atoms with Gasteiger partial charge in [-0.1, -0.05) is 49.6 Å². The molecule has 2 aliphatic carbocycles. The van der Waals surface area contributed by atoms with Gasteiger partial charge < -0.3 is 0 Å². The molecule has 3 heteroatoms. The van der Waals surface area contributed by atoms with E-state index in [1.165, 1.54) is 65.5 Å². The first-order valence-electron chi connectivity index (χ1n) is 8.64. The van der Waals surface area contributed by atoms with Crippen LogP contribution >= 0.6 is 22.6 Å². The largest absolute Gasteiger partial charge is 0.267 e. The highest BCUT2D eigenvalue weighted by molar-refractivity contribution is 14.1. The zero-order chi connectivity index (χ0) is 14.9. The van der Waals surface area contributed by atoms with Crippen LogP contribution in [0.15, 0.2) is 30.3 Å². The molecule has 0 bridgehead atoms. The standard InChI is InChI=1S/C19H23IN2/c20-17-18(15-9-5-2-6-10-15)21-22(19(17)16-11-12-16)13-14-7-3-1-4-8-14/h2,5-6,9-10,14,16H,1,3-4,7-8,11-13H2. The normalized spacial score (nSPS) is 19.5. The van der Waals surface area contributed by atoms with Gasteiger partial charge in [-0.2, -0.15) is 5.10 Å². The second-order valence-corrected chi connectivity index (χ2v) is 7.95. The number of hydrogen-bond donors (Lipinski definition) is 0. The molecule has 0 spiro atoms. The topological polar surface area (TPSA) is 17.8 Å². The molecule has 4 rings (SSSR count). The highest BCUT2D eigenvalue weighted by atomic mass is 127. The second-order valence-electron chi connectivity index (χ2n) is 6.87. The fourth-order valence-electron chi connectivity index (χ4n) is 3.73. The molecule has 0 unspecified atom stereocenters. The predicted octanol–water partition coefficient (Wildman–Crippen LogP) is 5.61. The van der Waals surface area contributed by atoms with Crippen LogP contribution in [0.1, 0.15) is 56.6 Å². The molecular weight excluding hydrogens is 383 g/mol. The summed E-state index contributed by atoms with van der Waals surface area (Å²) in [5.41, 5.74) is 3.97. The van der Waals surface area contributed by atoms with Gasteiger partial charge in [-0.3, -0.25) is 4.68 Å². The molecule has 2 nitrogen and oxygen atoms in total. The summed E-state index contributed by atoms with van der Waals surface area (Å²) < 4.78 is 3.76. The molecule has 116 valence electrons. The average molecular weight is 406 g/mol. The first-order valence-corrected chi connectivity index (χ1v) is 9.72. The van der Waals surface area contributed by atoms with Crippen LogP contribution in [0.25, 0.3) is 11.3 Å². The molecule has 0 atom stereocenters. The number of aromatic nitrogens is 2. The van der Waals surface area contributed by atoms with Crippen LogP contribution < -0.4 is 0 Å². The van der Waals surface area contributed by atoms with E-state index in [-0.39, 0.29) is 0 Å². The van der Waals surface area contributed by atoms with Crippen molar-refractivity contribution in [1.29, 1.82) is 0 Å². The SMILES string of the molecule is Ic1c(-c2ccccc2)nn(CC2CCCCC2)c1C1CC1. The van der Waals surface area contributed by atoms with Crippen molar-refractivity contribution < 1.29 is 0 Å². The Morgan fingerprint density at radius 1 is 1.00 bits per heavy atom. The molecule has 0 saturated heterocycles. The number of nitrogens with zero attached hydrogens (tertiary/aromatic N) is 2. The van der Waals surface area contributed by atoms with Gasteiger partial charge in [0.1, 0.15) is 5.69 Å². The molecule has 0 aliphatic heterocycles. The van der Waals surface area contributed by atoms with E-state index in [1.807, 2.05) is 0 Å². The summed E-state index contributed by atoms with van der Waals surface area (Å²) >= 11 is 2.53. The van der Waals surface area contributed by atoms with Crippen molar-refractivity contribution in [2.45, 2.75) is 57.4 Å². The first kappa shape index (κ1) is 14.7. The van der Waals surface area contributed by atoms with Crippen molar-refractivity contribution in [1.82, 2.24) is 9.78 Å². The Balaban J connectivity index is 1.67. The number of rotatable bonds is 4. The van der Waals surface area contributed by atoms with Crippen LogP contribution in [0.3, 0.4) is 0 Å². The van der Waals surface area contributed by atoms with Gasteiger partial charge in [0.15, 0.2) is 0 Å². The third-order valence-electron chi connectivity index (χ3n) is 5.10. The highest BCUT2D eigenvalue weighted by Crippen LogP contribution is 2.44. The van der Waals surface area contributed by atoms with Crippen molar-refractivity contribution >= 4 is 22.6 Å². The maximum Gasteiger partial charge on any atom is 0.106 e. The minimum absolute atomic E-state index is 0.764. The Morgan fingerprint density at radius 2 is 1.73 bits per heavy atom. The molecule has 1 heterocycles. The lowest BCUT2D eigenvalue weighted by molar-refractivity contribution is 0.304. The molecular formula is C19H23IN2.